The molecule has 1 heterocycles. The van der Waals surface area contributed by atoms with Crippen molar-refractivity contribution in [3.05, 3.63) is 54.4 Å². The molecular formula is C24H32N6O4S+2. The molecule has 0 spiro atoms. The van der Waals surface area contributed by atoms with Crippen LogP contribution in [0.4, 0.5) is 11.4 Å². The number of carbonyl (C=O) groups excluding carboxylic acids is 1. The van der Waals surface area contributed by atoms with Gasteiger partial charge in [0.25, 0.3) is 15.9 Å². The first-order chi connectivity index (χ1) is 16.7. The number of aromatic nitrogens is 2. The second-order valence-electron chi connectivity index (χ2n) is 9.23. The molecule has 1 atom stereocenters. The molecule has 1 fully saturated rings. The van der Waals surface area contributed by atoms with E-state index in [4.69, 9.17) is 4.52 Å². The van der Waals surface area contributed by atoms with Gasteiger partial charge in [0.15, 0.2) is 6.04 Å². The van der Waals surface area contributed by atoms with Gasteiger partial charge in [-0.25, -0.2) is 8.42 Å². The zero-order chi connectivity index (χ0) is 25.1. The smallest absolute Gasteiger partial charge is 0.285 e. The summed E-state index contributed by atoms with van der Waals surface area (Å²) in [5.41, 5.74) is 9.14. The minimum absolute atomic E-state index is 0.0545. The molecule has 10 nitrogen and oxygen atoms in total. The van der Waals surface area contributed by atoms with Crippen LogP contribution in [0.1, 0.15) is 51.0 Å². The molecule has 11 heteroatoms. The average Bonchev–Trinajstić information content (AvgIpc) is 3.39. The van der Waals surface area contributed by atoms with Gasteiger partial charge in [0, 0.05) is 23.1 Å². The second kappa shape index (κ2) is 10.1. The van der Waals surface area contributed by atoms with Crippen LogP contribution < -0.4 is 21.5 Å². The SMILES string of the molecule is CC1(C(=O)Nc2cccc(NS(=O)(=O)c3ccc(-c4noc(C([NH3+])CCCC[NH3+])n4)cc3)c2)CC1. The maximum atomic E-state index is 12.9. The van der Waals surface area contributed by atoms with Gasteiger partial charge < -0.3 is 21.3 Å². The van der Waals surface area contributed by atoms with Crippen LogP contribution in [0.3, 0.4) is 0 Å². The van der Waals surface area contributed by atoms with Crippen molar-refractivity contribution in [1.82, 2.24) is 10.1 Å². The number of hydrogen-bond acceptors (Lipinski definition) is 6. The molecule has 3 aromatic rings. The Hall–Kier alpha value is -3.28. The molecule has 0 aliphatic heterocycles. The van der Waals surface area contributed by atoms with E-state index in [2.05, 4.69) is 31.6 Å². The van der Waals surface area contributed by atoms with Crippen LogP contribution >= 0.6 is 0 Å². The van der Waals surface area contributed by atoms with Crippen molar-refractivity contribution in [3.8, 4) is 11.4 Å². The highest BCUT2D eigenvalue weighted by atomic mass is 32.2. The number of carbonyl (C=O) groups is 1. The standard InChI is InChI=1S/C24H30N6O4S/c1-24(12-13-24)23(31)27-17-5-4-6-18(15-17)30-35(32,33)19-10-8-16(9-11-19)21-28-22(34-29-21)20(26)7-2-3-14-25/h4-6,8-11,15,20,30H,2-3,7,12-14,25-26H2,1H3,(H,27,31)/p+2. The molecule has 1 aliphatic rings. The predicted octanol–water partition coefficient (Wildman–Crippen LogP) is 1.97. The van der Waals surface area contributed by atoms with Crippen LogP contribution in [0.5, 0.6) is 0 Å². The van der Waals surface area contributed by atoms with Gasteiger partial charge in [-0.2, -0.15) is 4.98 Å². The maximum Gasteiger partial charge on any atom is 0.285 e. The van der Waals surface area contributed by atoms with E-state index in [0.717, 1.165) is 38.6 Å². The highest BCUT2D eigenvalue weighted by Gasteiger charge is 2.44. The van der Waals surface area contributed by atoms with Crippen LogP contribution in [0.2, 0.25) is 0 Å². The molecule has 0 saturated heterocycles. The number of quaternary nitrogens is 2. The fourth-order valence-corrected chi connectivity index (χ4v) is 4.61. The lowest BCUT2D eigenvalue weighted by atomic mass is 10.1. The van der Waals surface area contributed by atoms with Gasteiger partial charge in [-0.15, -0.1) is 0 Å². The summed E-state index contributed by atoms with van der Waals surface area (Å²) >= 11 is 0. The molecule has 1 amide bonds. The quantitative estimate of drug-likeness (QED) is 0.293. The van der Waals surface area contributed by atoms with Crippen molar-refractivity contribution in [1.29, 1.82) is 0 Å². The van der Waals surface area contributed by atoms with Crippen molar-refractivity contribution in [2.24, 2.45) is 5.41 Å². The normalized spacial score (nSPS) is 15.4. The monoisotopic (exact) mass is 500 g/mol. The molecular weight excluding hydrogens is 468 g/mol. The Morgan fingerprint density at radius 1 is 1.14 bits per heavy atom. The average molecular weight is 501 g/mol. The first kappa shape index (κ1) is 24.8. The van der Waals surface area contributed by atoms with Crippen LogP contribution in [0, 0.1) is 5.41 Å². The summed E-state index contributed by atoms with van der Waals surface area (Å²) in [6, 6.07) is 12.8. The van der Waals surface area contributed by atoms with Gasteiger partial charge >= 0.3 is 0 Å². The van der Waals surface area contributed by atoms with Gasteiger partial charge in [0.2, 0.25) is 11.7 Å². The van der Waals surface area contributed by atoms with Crippen LogP contribution in [0.25, 0.3) is 11.4 Å². The predicted molar refractivity (Wildman–Crippen MR) is 130 cm³/mol. The molecule has 0 bridgehead atoms. The number of rotatable bonds is 11. The summed E-state index contributed by atoms with van der Waals surface area (Å²) in [6.07, 6.45) is 4.57. The minimum Gasteiger partial charge on any atom is -0.358 e. The van der Waals surface area contributed by atoms with Gasteiger partial charge in [-0.3, -0.25) is 9.52 Å². The number of nitrogens with one attached hydrogen (secondary N) is 2. The van der Waals surface area contributed by atoms with Crippen molar-refractivity contribution in [2.45, 2.75) is 50.0 Å². The second-order valence-corrected chi connectivity index (χ2v) is 10.9. The number of amides is 1. The fourth-order valence-electron chi connectivity index (χ4n) is 3.56. The molecule has 2 aromatic carbocycles. The Labute approximate surface area is 204 Å². The number of unbranched alkanes of at least 4 members (excludes halogenated alkanes) is 1. The lowest BCUT2D eigenvalue weighted by molar-refractivity contribution is -0.434. The van der Waals surface area contributed by atoms with Crippen molar-refractivity contribution < 1.29 is 29.2 Å². The minimum atomic E-state index is -3.84. The number of hydrogen-bond donors (Lipinski definition) is 4. The van der Waals surface area contributed by atoms with E-state index in [1.54, 1.807) is 36.4 Å². The first-order valence-corrected chi connectivity index (χ1v) is 13.2. The lowest BCUT2D eigenvalue weighted by Gasteiger charge is -2.12. The molecule has 0 radical (unpaired) electrons. The Morgan fingerprint density at radius 3 is 2.54 bits per heavy atom. The van der Waals surface area contributed by atoms with Crippen LogP contribution in [-0.2, 0) is 14.8 Å². The summed E-state index contributed by atoms with van der Waals surface area (Å²) in [5, 5.41) is 6.87. The summed E-state index contributed by atoms with van der Waals surface area (Å²) in [6.45, 7) is 2.80. The third-order valence-electron chi connectivity index (χ3n) is 6.19. The molecule has 4 rings (SSSR count). The molecule has 1 aliphatic carbocycles. The topological polar surface area (TPSA) is 169 Å². The van der Waals surface area contributed by atoms with E-state index in [9.17, 15) is 13.2 Å². The van der Waals surface area contributed by atoms with E-state index in [-0.39, 0.29) is 22.3 Å². The number of anilines is 2. The van der Waals surface area contributed by atoms with Crippen molar-refractivity contribution >= 4 is 27.3 Å². The van der Waals surface area contributed by atoms with E-state index < -0.39 is 10.0 Å². The molecule has 186 valence electrons. The van der Waals surface area contributed by atoms with Crippen molar-refractivity contribution in [3.63, 3.8) is 0 Å². The lowest BCUT2D eigenvalue weighted by Crippen LogP contribution is -2.54. The van der Waals surface area contributed by atoms with Crippen LogP contribution in [-0.4, -0.2) is 31.0 Å². The zero-order valence-electron chi connectivity index (χ0n) is 19.8. The molecule has 35 heavy (non-hydrogen) atoms. The van der Waals surface area contributed by atoms with Crippen molar-refractivity contribution in [2.75, 3.05) is 16.6 Å². The zero-order valence-corrected chi connectivity index (χ0v) is 20.6. The van der Waals surface area contributed by atoms with Crippen LogP contribution in [0.15, 0.2) is 57.9 Å². The maximum absolute atomic E-state index is 12.9. The Kier molecular flexibility index (Phi) is 7.20. The summed E-state index contributed by atoms with van der Waals surface area (Å²) in [7, 11) is -3.84. The largest absolute Gasteiger partial charge is 0.358 e. The van der Waals surface area contributed by atoms with Gasteiger partial charge in [-0.1, -0.05) is 18.1 Å². The molecule has 8 N–H and O–H groups in total. The molecule has 1 saturated carbocycles. The fraction of sp³-hybridized carbons (Fsp3) is 0.375. The Balaban J connectivity index is 1.42. The van der Waals surface area contributed by atoms with Gasteiger partial charge in [0.05, 0.1) is 17.1 Å². The third kappa shape index (κ3) is 6.05. The van der Waals surface area contributed by atoms with E-state index in [1.165, 1.54) is 12.1 Å². The summed E-state index contributed by atoms with van der Waals surface area (Å²) in [5.74, 6) is 0.793. The van der Waals surface area contributed by atoms with E-state index in [1.807, 2.05) is 6.92 Å². The highest BCUT2D eigenvalue weighted by Crippen LogP contribution is 2.45. The molecule has 1 aromatic heterocycles. The Bertz CT molecular complexity index is 1290. The highest BCUT2D eigenvalue weighted by molar-refractivity contribution is 7.92. The summed E-state index contributed by atoms with van der Waals surface area (Å²) in [4.78, 5) is 16.8. The van der Waals surface area contributed by atoms with E-state index >= 15 is 0 Å². The van der Waals surface area contributed by atoms with Gasteiger partial charge in [0.1, 0.15) is 0 Å². The number of nitrogens with zero attached hydrogens (tertiary/aromatic N) is 2. The summed E-state index contributed by atoms with van der Waals surface area (Å²) < 4.78 is 33.7. The third-order valence-corrected chi connectivity index (χ3v) is 7.58. The molecule has 1 unspecified atom stereocenters. The Morgan fingerprint density at radius 2 is 1.86 bits per heavy atom. The number of benzene rings is 2. The van der Waals surface area contributed by atoms with E-state index in [0.29, 0.717) is 28.7 Å². The first-order valence-electron chi connectivity index (χ1n) is 11.7. The number of sulfonamides is 1. The van der Waals surface area contributed by atoms with Gasteiger partial charge in [-0.05, 0) is 68.1 Å².